The minimum absolute atomic E-state index is 0.108. The number of likely N-dealkylation sites (tertiary alicyclic amines) is 2. The highest BCUT2D eigenvalue weighted by Gasteiger charge is 2.35. The monoisotopic (exact) mass is 283 g/mol. The van der Waals surface area contributed by atoms with Crippen molar-refractivity contribution in [3.63, 3.8) is 0 Å². The van der Waals surface area contributed by atoms with E-state index in [1.54, 1.807) is 0 Å². The molecule has 1 aromatic heterocycles. The van der Waals surface area contributed by atoms with Crippen LogP contribution in [-0.2, 0) is 6.54 Å². The van der Waals surface area contributed by atoms with Crippen molar-refractivity contribution in [1.82, 2.24) is 14.8 Å². The SMILES string of the molecule is O[C@@H]1CCN(C2CN(Cc3cccc4ncccc34)C2)C1. The summed E-state index contributed by atoms with van der Waals surface area (Å²) in [5.41, 5.74) is 2.44. The van der Waals surface area contributed by atoms with Gasteiger partial charge in [0.2, 0.25) is 0 Å². The summed E-state index contributed by atoms with van der Waals surface area (Å²) >= 11 is 0. The summed E-state index contributed by atoms with van der Waals surface area (Å²) in [7, 11) is 0. The van der Waals surface area contributed by atoms with Crippen molar-refractivity contribution in [2.24, 2.45) is 0 Å². The molecule has 1 atom stereocenters. The second-order valence-corrected chi connectivity index (χ2v) is 6.27. The molecule has 2 aliphatic rings. The molecule has 0 aliphatic carbocycles. The highest BCUT2D eigenvalue weighted by molar-refractivity contribution is 5.81. The van der Waals surface area contributed by atoms with Crippen LogP contribution in [0.3, 0.4) is 0 Å². The molecule has 4 rings (SSSR count). The molecule has 0 unspecified atom stereocenters. The summed E-state index contributed by atoms with van der Waals surface area (Å²) in [5.74, 6) is 0. The summed E-state index contributed by atoms with van der Waals surface area (Å²) in [4.78, 5) is 9.34. The zero-order chi connectivity index (χ0) is 14.2. The summed E-state index contributed by atoms with van der Waals surface area (Å²) in [6.45, 7) is 5.14. The van der Waals surface area contributed by atoms with Gasteiger partial charge >= 0.3 is 0 Å². The predicted octanol–water partition coefficient (Wildman–Crippen LogP) is 1.49. The Hall–Kier alpha value is -1.49. The fourth-order valence-electron chi connectivity index (χ4n) is 3.55. The van der Waals surface area contributed by atoms with E-state index in [9.17, 15) is 5.11 Å². The molecule has 0 saturated carbocycles. The van der Waals surface area contributed by atoms with Gasteiger partial charge < -0.3 is 5.11 Å². The largest absolute Gasteiger partial charge is 0.392 e. The number of rotatable bonds is 3. The summed E-state index contributed by atoms with van der Waals surface area (Å²) in [6, 6.07) is 11.2. The summed E-state index contributed by atoms with van der Waals surface area (Å²) in [6.07, 6.45) is 2.68. The molecule has 2 aromatic rings. The molecule has 3 heterocycles. The maximum absolute atomic E-state index is 9.63. The maximum atomic E-state index is 9.63. The lowest BCUT2D eigenvalue weighted by atomic mass is 10.0. The van der Waals surface area contributed by atoms with Crippen LogP contribution in [0.5, 0.6) is 0 Å². The van der Waals surface area contributed by atoms with Gasteiger partial charge in [0, 0.05) is 50.3 Å². The molecule has 1 aromatic carbocycles. The number of nitrogens with zero attached hydrogens (tertiary/aromatic N) is 3. The zero-order valence-corrected chi connectivity index (χ0v) is 12.2. The third-order valence-electron chi connectivity index (χ3n) is 4.78. The molecule has 0 radical (unpaired) electrons. The van der Waals surface area contributed by atoms with E-state index in [1.165, 1.54) is 10.9 Å². The van der Waals surface area contributed by atoms with Crippen molar-refractivity contribution in [2.75, 3.05) is 26.2 Å². The van der Waals surface area contributed by atoms with E-state index in [0.29, 0.717) is 6.04 Å². The number of hydrogen-bond donors (Lipinski definition) is 1. The zero-order valence-electron chi connectivity index (χ0n) is 12.2. The van der Waals surface area contributed by atoms with E-state index in [2.05, 4.69) is 39.0 Å². The fourth-order valence-corrected chi connectivity index (χ4v) is 3.55. The maximum Gasteiger partial charge on any atom is 0.0705 e. The molecule has 4 heteroatoms. The first-order valence-corrected chi connectivity index (χ1v) is 7.77. The predicted molar refractivity (Wildman–Crippen MR) is 83.0 cm³/mol. The lowest BCUT2D eigenvalue weighted by Gasteiger charge is -2.44. The van der Waals surface area contributed by atoms with E-state index in [-0.39, 0.29) is 6.10 Å². The van der Waals surface area contributed by atoms with Crippen molar-refractivity contribution in [3.05, 3.63) is 42.1 Å². The Kier molecular flexibility index (Phi) is 3.37. The minimum atomic E-state index is -0.108. The second-order valence-electron chi connectivity index (χ2n) is 6.27. The molecule has 4 nitrogen and oxygen atoms in total. The van der Waals surface area contributed by atoms with Crippen LogP contribution in [0.2, 0.25) is 0 Å². The van der Waals surface area contributed by atoms with Crippen LogP contribution >= 0.6 is 0 Å². The summed E-state index contributed by atoms with van der Waals surface area (Å²) in [5, 5.41) is 10.9. The van der Waals surface area contributed by atoms with Crippen LogP contribution in [0.15, 0.2) is 36.5 Å². The molecule has 0 amide bonds. The number of β-amino-alcohol motifs (C(OH)–C–C–N with tert-alkyl or cyclic N) is 1. The van der Waals surface area contributed by atoms with E-state index in [4.69, 9.17) is 0 Å². The molecule has 1 N–H and O–H groups in total. The molecule has 2 saturated heterocycles. The quantitative estimate of drug-likeness (QED) is 0.926. The first kappa shape index (κ1) is 13.2. The number of aliphatic hydroxyl groups is 1. The Balaban J connectivity index is 1.41. The van der Waals surface area contributed by atoms with E-state index >= 15 is 0 Å². The molecular weight excluding hydrogens is 262 g/mol. The van der Waals surface area contributed by atoms with Gasteiger partial charge in [0.05, 0.1) is 11.6 Å². The topological polar surface area (TPSA) is 39.6 Å². The van der Waals surface area contributed by atoms with Crippen LogP contribution in [0, 0.1) is 0 Å². The summed E-state index contributed by atoms with van der Waals surface area (Å²) < 4.78 is 0. The highest BCUT2D eigenvalue weighted by atomic mass is 16.3. The van der Waals surface area contributed by atoms with E-state index in [1.807, 2.05) is 12.3 Å². The Morgan fingerprint density at radius 1 is 1.14 bits per heavy atom. The van der Waals surface area contributed by atoms with Gasteiger partial charge in [-0.1, -0.05) is 18.2 Å². The number of aromatic nitrogens is 1. The minimum Gasteiger partial charge on any atom is -0.392 e. The van der Waals surface area contributed by atoms with Crippen molar-refractivity contribution in [1.29, 1.82) is 0 Å². The van der Waals surface area contributed by atoms with Crippen LogP contribution in [-0.4, -0.2) is 58.2 Å². The smallest absolute Gasteiger partial charge is 0.0705 e. The first-order chi connectivity index (χ1) is 10.3. The van der Waals surface area contributed by atoms with Crippen molar-refractivity contribution < 1.29 is 5.11 Å². The van der Waals surface area contributed by atoms with Crippen LogP contribution < -0.4 is 0 Å². The first-order valence-electron chi connectivity index (χ1n) is 7.77. The lowest BCUT2D eigenvalue weighted by molar-refractivity contribution is 0.0349. The molecule has 21 heavy (non-hydrogen) atoms. The fraction of sp³-hybridized carbons (Fsp3) is 0.471. The standard InChI is InChI=1S/C17H21N3O/c21-15-6-8-20(12-15)14-10-19(11-14)9-13-3-1-5-17-16(13)4-2-7-18-17/h1-5,7,14-15,21H,6,8-12H2/t15-/m1/s1. The number of hydrogen-bond acceptors (Lipinski definition) is 4. The van der Waals surface area contributed by atoms with Gasteiger partial charge in [0.15, 0.2) is 0 Å². The van der Waals surface area contributed by atoms with Gasteiger partial charge in [0.1, 0.15) is 0 Å². The van der Waals surface area contributed by atoms with Crippen molar-refractivity contribution in [2.45, 2.75) is 25.1 Å². The van der Waals surface area contributed by atoms with Gasteiger partial charge in [-0.25, -0.2) is 0 Å². The number of benzene rings is 1. The molecule has 0 spiro atoms. The molecule has 2 fully saturated rings. The third kappa shape index (κ3) is 2.55. The second kappa shape index (κ2) is 5.37. The van der Waals surface area contributed by atoms with E-state index < -0.39 is 0 Å². The van der Waals surface area contributed by atoms with Crippen molar-refractivity contribution in [3.8, 4) is 0 Å². The number of fused-ring (bicyclic) bond motifs is 1. The van der Waals surface area contributed by atoms with Crippen LogP contribution in [0.25, 0.3) is 10.9 Å². The van der Waals surface area contributed by atoms with Crippen LogP contribution in [0.4, 0.5) is 0 Å². The Labute approximate surface area is 125 Å². The molecule has 110 valence electrons. The van der Waals surface area contributed by atoms with Gasteiger partial charge in [0.25, 0.3) is 0 Å². The lowest BCUT2D eigenvalue weighted by Crippen LogP contribution is -2.58. The Morgan fingerprint density at radius 3 is 2.86 bits per heavy atom. The molecule has 2 aliphatic heterocycles. The Morgan fingerprint density at radius 2 is 2.05 bits per heavy atom. The van der Waals surface area contributed by atoms with Crippen molar-refractivity contribution >= 4 is 10.9 Å². The number of aliphatic hydroxyl groups excluding tert-OH is 1. The average Bonchev–Trinajstić information content (AvgIpc) is 2.88. The van der Waals surface area contributed by atoms with Gasteiger partial charge in [-0.15, -0.1) is 0 Å². The van der Waals surface area contributed by atoms with E-state index in [0.717, 1.165) is 44.7 Å². The highest BCUT2D eigenvalue weighted by Crippen LogP contribution is 2.24. The van der Waals surface area contributed by atoms with Crippen LogP contribution in [0.1, 0.15) is 12.0 Å². The van der Waals surface area contributed by atoms with Gasteiger partial charge in [-0.2, -0.15) is 0 Å². The molecule has 0 bridgehead atoms. The number of pyridine rings is 1. The third-order valence-corrected chi connectivity index (χ3v) is 4.78. The average molecular weight is 283 g/mol. The van der Waals surface area contributed by atoms with Gasteiger partial charge in [-0.05, 0) is 24.1 Å². The van der Waals surface area contributed by atoms with Gasteiger partial charge in [-0.3, -0.25) is 14.8 Å². The normalized spacial score (nSPS) is 24.5. The molecular formula is C17H21N3O. The Bertz CT molecular complexity index is 633.